The summed E-state index contributed by atoms with van der Waals surface area (Å²) in [6, 6.07) is 13.5. The van der Waals surface area contributed by atoms with E-state index in [2.05, 4.69) is 0 Å². The maximum absolute atomic E-state index is 13.5. The molecule has 0 spiro atoms. The fourth-order valence-corrected chi connectivity index (χ4v) is 8.35. The molecule has 0 aliphatic heterocycles. The highest BCUT2D eigenvalue weighted by Gasteiger charge is 2.25. The number of aryl methyl sites for hydroxylation is 1. The van der Waals surface area contributed by atoms with Gasteiger partial charge in [0.25, 0.3) is 0 Å². The maximum atomic E-state index is 13.5. The van der Waals surface area contributed by atoms with Crippen molar-refractivity contribution in [2.45, 2.75) is 27.3 Å². The van der Waals surface area contributed by atoms with Crippen molar-refractivity contribution < 1.29 is 16.8 Å². The van der Waals surface area contributed by atoms with Gasteiger partial charge >= 0.3 is 0 Å². The van der Waals surface area contributed by atoms with Crippen LogP contribution < -0.4 is 16.4 Å². The van der Waals surface area contributed by atoms with Crippen LogP contribution in [-0.4, -0.2) is 53.4 Å². The van der Waals surface area contributed by atoms with Crippen LogP contribution in [0.25, 0.3) is 11.1 Å². The summed E-state index contributed by atoms with van der Waals surface area (Å²) < 4.78 is 50.5. The molecule has 0 fully saturated rings. The maximum Gasteiger partial charge on any atom is 0.208 e. The van der Waals surface area contributed by atoms with Crippen LogP contribution >= 0.6 is 23.1 Å². The van der Waals surface area contributed by atoms with Gasteiger partial charge in [-0.3, -0.25) is 10.8 Å². The summed E-state index contributed by atoms with van der Waals surface area (Å²) in [5.74, 6) is -0.382. The van der Waals surface area contributed by atoms with Gasteiger partial charge in [-0.05, 0) is 66.6 Å². The molecule has 0 aliphatic rings. The molecular weight excluding hydrogens is 551 g/mol. The van der Waals surface area contributed by atoms with Crippen molar-refractivity contribution in [3.05, 3.63) is 59.0 Å². The molecule has 1 aromatic heterocycles. The third kappa shape index (κ3) is 6.72. The van der Waals surface area contributed by atoms with E-state index in [1.165, 1.54) is 46.4 Å². The number of nitrogen functional groups attached to an aromatic ring is 1. The zero-order valence-electron chi connectivity index (χ0n) is 20.6. The van der Waals surface area contributed by atoms with Gasteiger partial charge in [-0.2, -0.15) is 0 Å². The van der Waals surface area contributed by atoms with Gasteiger partial charge in [-0.25, -0.2) is 16.8 Å². The predicted molar refractivity (Wildman–Crippen MR) is 153 cm³/mol. The van der Waals surface area contributed by atoms with Gasteiger partial charge in [-0.1, -0.05) is 18.2 Å². The van der Waals surface area contributed by atoms with E-state index < -0.39 is 19.7 Å². The average Bonchev–Trinajstić information content (AvgIpc) is 3.27. The molecule has 37 heavy (non-hydrogen) atoms. The lowest BCUT2D eigenvalue weighted by atomic mass is 10.00. The summed E-state index contributed by atoms with van der Waals surface area (Å²) in [7, 11) is -6.98. The largest absolute Gasteiger partial charge is 0.383 e. The molecule has 3 aromatic rings. The summed E-state index contributed by atoms with van der Waals surface area (Å²) in [5.41, 5.74) is 14.3. The summed E-state index contributed by atoms with van der Waals surface area (Å²) in [6.45, 7) is 2.15. The molecule has 3 rings (SSSR count). The molecule has 0 unspecified atom stereocenters. The van der Waals surface area contributed by atoms with E-state index in [1.54, 1.807) is 24.5 Å². The molecule has 0 amide bonds. The average molecular weight is 580 g/mol. The lowest BCUT2D eigenvalue weighted by Gasteiger charge is -2.23. The van der Waals surface area contributed by atoms with Gasteiger partial charge in [0.15, 0.2) is 5.96 Å². The van der Waals surface area contributed by atoms with E-state index in [0.29, 0.717) is 26.8 Å². The Morgan fingerprint density at radius 3 is 2.32 bits per heavy atom. The van der Waals surface area contributed by atoms with Gasteiger partial charge in [0.05, 0.1) is 24.6 Å². The number of amidine groups is 1. The summed E-state index contributed by atoms with van der Waals surface area (Å²) in [6.07, 6.45) is 3.27. The molecule has 1 heterocycles. The van der Waals surface area contributed by atoms with Crippen molar-refractivity contribution >= 4 is 60.3 Å². The Morgan fingerprint density at radius 1 is 1.05 bits per heavy atom. The Kier molecular flexibility index (Phi) is 8.73. The molecule has 0 saturated carbocycles. The molecule has 0 aliphatic carbocycles. The minimum Gasteiger partial charge on any atom is -0.383 e. The monoisotopic (exact) mass is 579 g/mol. The Hall–Kier alpha value is -2.87. The van der Waals surface area contributed by atoms with E-state index in [0.717, 1.165) is 11.1 Å². The van der Waals surface area contributed by atoms with Crippen LogP contribution in [0, 0.1) is 17.7 Å². The quantitative estimate of drug-likeness (QED) is 0.160. The smallest absolute Gasteiger partial charge is 0.208 e. The van der Waals surface area contributed by atoms with Crippen LogP contribution in [0.3, 0.4) is 0 Å². The molecule has 2 aromatic carbocycles. The van der Waals surface area contributed by atoms with E-state index >= 15 is 0 Å². The zero-order chi connectivity index (χ0) is 27.5. The number of hydrogen-bond donors (Lipinski definition) is 4. The molecule has 198 valence electrons. The number of hydrogen-bond acceptors (Lipinski definition) is 8. The first-order chi connectivity index (χ1) is 17.2. The van der Waals surface area contributed by atoms with Crippen molar-refractivity contribution in [1.82, 2.24) is 0 Å². The SMILES string of the molecule is CSc1sc(C(=N)N)cc1S(=O)(=O)c1cccc(-c2ccc(N(CCCS(C)(=O)=O)C(=N)N)cc2C)c1. The molecule has 0 saturated heterocycles. The fraction of sp³-hybridized carbons (Fsp3) is 0.250. The summed E-state index contributed by atoms with van der Waals surface area (Å²) in [4.78, 5) is 2.20. The molecule has 6 N–H and O–H groups in total. The van der Waals surface area contributed by atoms with Crippen molar-refractivity contribution in [3.63, 3.8) is 0 Å². The number of nitrogens with zero attached hydrogens (tertiary/aromatic N) is 1. The van der Waals surface area contributed by atoms with Crippen LogP contribution in [0.4, 0.5) is 5.69 Å². The van der Waals surface area contributed by atoms with Crippen molar-refractivity contribution in [2.24, 2.45) is 11.5 Å². The minimum atomic E-state index is -3.86. The Bertz CT molecular complexity index is 1560. The molecule has 9 nitrogen and oxygen atoms in total. The number of nitrogens with one attached hydrogen (secondary N) is 2. The summed E-state index contributed by atoms with van der Waals surface area (Å²) >= 11 is 2.47. The van der Waals surface area contributed by atoms with Crippen LogP contribution in [0.2, 0.25) is 0 Å². The molecular formula is C24H29N5O4S4. The lowest BCUT2D eigenvalue weighted by Crippen LogP contribution is -2.37. The standard InChI is InChI=1S/C24H29N5O4S4/c1-15-12-17(29(24(27)28)10-5-11-36(3,30)31)8-9-19(15)16-6-4-7-18(13-16)37(32,33)21-14-20(22(25)26)35-23(21)34-2/h4,6-9,12-14H,5,10-11H2,1-3H3,(H3,25,26)(H3,27,28). The fourth-order valence-electron chi connectivity index (χ4n) is 3.79. The van der Waals surface area contributed by atoms with E-state index in [1.807, 2.05) is 25.1 Å². The second kappa shape index (κ2) is 11.3. The summed E-state index contributed by atoms with van der Waals surface area (Å²) in [5, 5.41) is 15.6. The van der Waals surface area contributed by atoms with Crippen LogP contribution in [0.15, 0.2) is 62.5 Å². The van der Waals surface area contributed by atoms with Crippen molar-refractivity contribution in [2.75, 3.05) is 29.7 Å². The molecule has 0 radical (unpaired) electrons. The third-order valence-corrected chi connectivity index (χ3v) is 10.9. The van der Waals surface area contributed by atoms with Gasteiger partial charge in [0, 0.05) is 18.5 Å². The highest BCUT2D eigenvalue weighted by atomic mass is 32.2. The number of nitrogens with two attached hydrogens (primary N) is 2. The van der Waals surface area contributed by atoms with E-state index in [-0.39, 0.29) is 33.9 Å². The van der Waals surface area contributed by atoms with Gasteiger partial charge in [0.1, 0.15) is 15.7 Å². The van der Waals surface area contributed by atoms with Crippen LogP contribution in [-0.2, 0) is 19.7 Å². The van der Waals surface area contributed by atoms with Gasteiger partial charge < -0.3 is 16.4 Å². The van der Waals surface area contributed by atoms with Crippen molar-refractivity contribution in [1.29, 1.82) is 10.8 Å². The molecule has 13 heteroatoms. The second-order valence-electron chi connectivity index (χ2n) is 8.43. The number of sulfone groups is 2. The Balaban J connectivity index is 1.96. The number of guanidine groups is 1. The van der Waals surface area contributed by atoms with Crippen LogP contribution in [0.5, 0.6) is 0 Å². The number of thioether (sulfide) groups is 1. The number of benzene rings is 2. The number of anilines is 1. The topological polar surface area (TPSA) is 171 Å². The van der Waals surface area contributed by atoms with E-state index in [4.69, 9.17) is 22.3 Å². The number of rotatable bonds is 10. The van der Waals surface area contributed by atoms with Crippen molar-refractivity contribution in [3.8, 4) is 11.1 Å². The van der Waals surface area contributed by atoms with Crippen LogP contribution in [0.1, 0.15) is 16.9 Å². The van der Waals surface area contributed by atoms with E-state index in [9.17, 15) is 16.8 Å². The predicted octanol–water partition coefficient (Wildman–Crippen LogP) is 3.70. The minimum absolute atomic E-state index is 0.00853. The molecule has 0 bridgehead atoms. The Labute approximate surface area is 225 Å². The second-order valence-corrected chi connectivity index (χ2v) is 14.7. The Morgan fingerprint density at radius 2 is 1.76 bits per heavy atom. The van der Waals surface area contributed by atoms with Gasteiger partial charge in [-0.15, -0.1) is 23.1 Å². The zero-order valence-corrected chi connectivity index (χ0v) is 23.9. The lowest BCUT2D eigenvalue weighted by molar-refractivity contribution is 0.594. The third-order valence-electron chi connectivity index (χ3n) is 5.57. The number of thiophene rings is 1. The first-order valence-electron chi connectivity index (χ1n) is 11.0. The van der Waals surface area contributed by atoms with Gasteiger partial charge in [0.2, 0.25) is 9.84 Å². The normalized spacial score (nSPS) is 11.9. The first kappa shape index (κ1) is 28.7. The highest BCUT2D eigenvalue weighted by Crippen LogP contribution is 2.38. The molecule has 0 atom stereocenters. The highest BCUT2D eigenvalue weighted by molar-refractivity contribution is 8.01. The first-order valence-corrected chi connectivity index (χ1v) is 16.6.